The molecular weight excluding hydrogens is 492 g/mol. The Labute approximate surface area is 186 Å². The first-order chi connectivity index (χ1) is 13.1. The molecule has 0 bridgehead atoms. The molecule has 1 heterocycles. The van der Waals surface area contributed by atoms with E-state index in [0.29, 0.717) is 13.1 Å². The first kappa shape index (κ1) is 22.2. The summed E-state index contributed by atoms with van der Waals surface area (Å²) in [6.07, 6.45) is 2.62. The largest absolute Gasteiger partial charge is 0.356 e. The summed E-state index contributed by atoms with van der Waals surface area (Å²) >= 11 is 5.90. The molecule has 1 aromatic heterocycles. The van der Waals surface area contributed by atoms with E-state index in [4.69, 9.17) is 11.6 Å². The quantitative estimate of drug-likeness (QED) is 0.295. The van der Waals surface area contributed by atoms with Crippen LogP contribution in [-0.4, -0.2) is 29.3 Å². The number of aromatic nitrogens is 2. The molecule has 0 fully saturated rings. The first-order valence-electron chi connectivity index (χ1n) is 8.63. The summed E-state index contributed by atoms with van der Waals surface area (Å²) in [6.45, 7) is 1.36. The van der Waals surface area contributed by atoms with Crippen molar-refractivity contribution in [3.05, 3.63) is 82.9 Å². The van der Waals surface area contributed by atoms with Crippen molar-refractivity contribution in [2.24, 2.45) is 4.99 Å². The van der Waals surface area contributed by atoms with Gasteiger partial charge in [-0.2, -0.15) is 5.10 Å². The highest BCUT2D eigenvalue weighted by Gasteiger charge is 2.03. The molecule has 2 aromatic carbocycles. The third-order valence-electron chi connectivity index (χ3n) is 4.01. The highest BCUT2D eigenvalue weighted by molar-refractivity contribution is 14.0. The van der Waals surface area contributed by atoms with Gasteiger partial charge >= 0.3 is 0 Å². The van der Waals surface area contributed by atoms with Gasteiger partial charge in [-0.05, 0) is 48.0 Å². The Hall–Kier alpha value is -2.13. The van der Waals surface area contributed by atoms with Crippen molar-refractivity contribution in [2.75, 3.05) is 13.6 Å². The highest BCUT2D eigenvalue weighted by Crippen LogP contribution is 2.10. The molecule has 0 amide bonds. The summed E-state index contributed by atoms with van der Waals surface area (Å²) in [5.41, 5.74) is 2.90. The summed E-state index contributed by atoms with van der Waals surface area (Å²) in [5.74, 6) is 0.468. The number of benzene rings is 2. The van der Waals surface area contributed by atoms with Gasteiger partial charge in [-0.1, -0.05) is 23.7 Å². The molecule has 8 heteroatoms. The Bertz CT molecular complexity index is 894. The second-order valence-electron chi connectivity index (χ2n) is 5.96. The van der Waals surface area contributed by atoms with E-state index >= 15 is 0 Å². The number of rotatable bonds is 6. The number of nitrogens with zero attached hydrogens (tertiary/aromatic N) is 3. The van der Waals surface area contributed by atoms with E-state index in [9.17, 15) is 4.39 Å². The predicted octanol–water partition coefficient (Wildman–Crippen LogP) is 4.19. The predicted molar refractivity (Wildman–Crippen MR) is 122 cm³/mol. The van der Waals surface area contributed by atoms with Crippen LogP contribution in [0.2, 0.25) is 5.02 Å². The maximum Gasteiger partial charge on any atom is 0.191 e. The number of guanidine groups is 1. The van der Waals surface area contributed by atoms with Crippen LogP contribution in [-0.2, 0) is 13.0 Å². The Kier molecular flexibility index (Phi) is 8.72. The number of aliphatic imine (C=N–C) groups is 1. The van der Waals surface area contributed by atoms with Crippen LogP contribution in [0.3, 0.4) is 0 Å². The van der Waals surface area contributed by atoms with E-state index < -0.39 is 0 Å². The average molecular weight is 514 g/mol. The van der Waals surface area contributed by atoms with E-state index in [0.717, 1.165) is 34.3 Å². The third-order valence-corrected chi connectivity index (χ3v) is 4.26. The molecule has 0 radical (unpaired) electrons. The van der Waals surface area contributed by atoms with Crippen molar-refractivity contribution >= 4 is 41.5 Å². The zero-order valence-electron chi connectivity index (χ0n) is 15.4. The summed E-state index contributed by atoms with van der Waals surface area (Å²) in [7, 11) is 1.74. The molecule has 3 aromatic rings. The second-order valence-corrected chi connectivity index (χ2v) is 6.39. The van der Waals surface area contributed by atoms with Crippen LogP contribution < -0.4 is 10.6 Å². The maximum atomic E-state index is 13.0. The zero-order chi connectivity index (χ0) is 19.1. The summed E-state index contributed by atoms with van der Waals surface area (Å²) in [6, 6.07) is 15.9. The molecule has 0 spiro atoms. The van der Waals surface area contributed by atoms with Gasteiger partial charge in [0.15, 0.2) is 5.96 Å². The summed E-state index contributed by atoms with van der Waals surface area (Å²) in [4.78, 5) is 4.22. The van der Waals surface area contributed by atoms with E-state index in [-0.39, 0.29) is 29.8 Å². The number of hydrogen-bond acceptors (Lipinski definition) is 2. The number of nitrogens with one attached hydrogen (secondary N) is 2. The van der Waals surface area contributed by atoms with Gasteiger partial charge in [-0.3, -0.25) is 4.99 Å². The van der Waals surface area contributed by atoms with Gasteiger partial charge in [0, 0.05) is 37.8 Å². The molecule has 28 heavy (non-hydrogen) atoms. The van der Waals surface area contributed by atoms with Gasteiger partial charge in [0.1, 0.15) is 5.82 Å². The minimum atomic E-state index is -0.257. The van der Waals surface area contributed by atoms with Crippen LogP contribution in [0.5, 0.6) is 0 Å². The van der Waals surface area contributed by atoms with Crippen molar-refractivity contribution in [3.63, 3.8) is 0 Å². The molecule has 2 N–H and O–H groups in total. The third kappa shape index (κ3) is 6.49. The van der Waals surface area contributed by atoms with Crippen LogP contribution in [0.25, 0.3) is 5.69 Å². The van der Waals surface area contributed by atoms with Crippen molar-refractivity contribution in [1.29, 1.82) is 0 Å². The fraction of sp³-hybridized carbons (Fsp3) is 0.200. The van der Waals surface area contributed by atoms with Gasteiger partial charge in [-0.15, -0.1) is 24.0 Å². The smallest absolute Gasteiger partial charge is 0.191 e. The van der Waals surface area contributed by atoms with Gasteiger partial charge in [0.2, 0.25) is 0 Å². The molecule has 0 unspecified atom stereocenters. The normalized spacial score (nSPS) is 11.0. The molecule has 0 saturated carbocycles. The van der Waals surface area contributed by atoms with Gasteiger partial charge in [0.25, 0.3) is 0 Å². The second kappa shape index (κ2) is 11.0. The molecule has 0 atom stereocenters. The average Bonchev–Trinajstić information content (AvgIpc) is 3.15. The van der Waals surface area contributed by atoms with Crippen LogP contribution in [0.1, 0.15) is 11.3 Å². The summed E-state index contributed by atoms with van der Waals surface area (Å²) in [5, 5.41) is 11.8. The summed E-state index contributed by atoms with van der Waals surface area (Å²) < 4.78 is 14.7. The Morgan fingerprint density at radius 3 is 2.46 bits per heavy atom. The Morgan fingerprint density at radius 1 is 1.07 bits per heavy atom. The van der Waals surface area contributed by atoms with Crippen molar-refractivity contribution in [1.82, 2.24) is 20.4 Å². The molecule has 0 aliphatic heterocycles. The van der Waals surface area contributed by atoms with Crippen LogP contribution in [0, 0.1) is 5.82 Å². The van der Waals surface area contributed by atoms with Gasteiger partial charge < -0.3 is 10.6 Å². The molecule has 0 aliphatic rings. The standard InChI is InChI=1S/C20H21ClFN5.HI/c1-23-20(25-14-15-2-4-16(21)5-3-15)24-12-10-18-11-13-27(26-18)19-8-6-17(22)7-9-19;/h2-9,11,13H,10,12,14H2,1H3,(H2,23,24,25);1H. The first-order valence-corrected chi connectivity index (χ1v) is 9.01. The Morgan fingerprint density at radius 2 is 1.79 bits per heavy atom. The highest BCUT2D eigenvalue weighted by atomic mass is 127. The molecule has 148 valence electrons. The van der Waals surface area contributed by atoms with Crippen molar-refractivity contribution < 1.29 is 4.39 Å². The fourth-order valence-corrected chi connectivity index (χ4v) is 2.68. The van der Waals surface area contributed by atoms with Gasteiger partial charge in [-0.25, -0.2) is 9.07 Å². The topological polar surface area (TPSA) is 54.2 Å². The van der Waals surface area contributed by atoms with E-state index in [1.807, 2.05) is 36.5 Å². The molecule has 3 rings (SSSR count). The van der Waals surface area contributed by atoms with Crippen molar-refractivity contribution in [3.8, 4) is 5.69 Å². The molecule has 0 saturated heterocycles. The lowest BCUT2D eigenvalue weighted by Crippen LogP contribution is -2.37. The van der Waals surface area contributed by atoms with Crippen LogP contribution in [0.4, 0.5) is 4.39 Å². The monoisotopic (exact) mass is 513 g/mol. The van der Waals surface area contributed by atoms with Gasteiger partial charge in [0.05, 0.1) is 11.4 Å². The SMILES string of the molecule is CN=C(NCCc1ccn(-c2ccc(F)cc2)n1)NCc1ccc(Cl)cc1.I. The number of halogens is 3. The minimum Gasteiger partial charge on any atom is -0.356 e. The minimum absolute atomic E-state index is 0. The van der Waals surface area contributed by atoms with Crippen LogP contribution in [0.15, 0.2) is 65.8 Å². The number of hydrogen-bond donors (Lipinski definition) is 2. The molecule has 5 nitrogen and oxygen atoms in total. The van der Waals surface area contributed by atoms with Crippen LogP contribution >= 0.6 is 35.6 Å². The fourth-order valence-electron chi connectivity index (χ4n) is 2.55. The maximum absolute atomic E-state index is 13.0. The lowest BCUT2D eigenvalue weighted by atomic mass is 10.2. The zero-order valence-corrected chi connectivity index (χ0v) is 18.5. The van der Waals surface area contributed by atoms with Crippen molar-refractivity contribution in [2.45, 2.75) is 13.0 Å². The lowest BCUT2D eigenvalue weighted by molar-refractivity contribution is 0.627. The Balaban J connectivity index is 0.00000280. The van der Waals surface area contributed by atoms with E-state index in [1.54, 1.807) is 23.9 Å². The van der Waals surface area contributed by atoms with E-state index in [2.05, 4.69) is 20.7 Å². The molecular formula is C20H22ClFIN5. The van der Waals surface area contributed by atoms with E-state index in [1.165, 1.54) is 12.1 Å². The lowest BCUT2D eigenvalue weighted by Gasteiger charge is -2.11. The molecule has 0 aliphatic carbocycles.